The second-order valence-electron chi connectivity index (χ2n) is 6.37. The van der Waals surface area contributed by atoms with Gasteiger partial charge in [-0.1, -0.05) is 39.8 Å². The van der Waals surface area contributed by atoms with Gasteiger partial charge in [0.25, 0.3) is 0 Å². The predicted molar refractivity (Wildman–Crippen MR) is 91.4 cm³/mol. The van der Waals surface area contributed by atoms with E-state index >= 15 is 0 Å². The monoisotopic (exact) mass is 355 g/mol. The van der Waals surface area contributed by atoms with E-state index in [1.807, 2.05) is 24.3 Å². The van der Waals surface area contributed by atoms with Crippen molar-refractivity contribution in [2.45, 2.75) is 46.1 Å². The third-order valence-corrected chi connectivity index (χ3v) is 4.03. The van der Waals surface area contributed by atoms with Crippen LogP contribution in [0.5, 0.6) is 0 Å². The molecule has 21 heavy (non-hydrogen) atoms. The first kappa shape index (κ1) is 18.0. The summed E-state index contributed by atoms with van der Waals surface area (Å²) in [7, 11) is 1.46. The van der Waals surface area contributed by atoms with Crippen LogP contribution >= 0.6 is 15.9 Å². The SMILES string of the molecule is COC(=O)C(CC(C)C)(CC(C)C)Nc1ccccc1Br. The van der Waals surface area contributed by atoms with Crippen molar-refractivity contribution in [3.8, 4) is 0 Å². The summed E-state index contributed by atoms with van der Waals surface area (Å²) in [5.41, 5.74) is 0.227. The number of halogens is 1. The molecular weight excluding hydrogens is 330 g/mol. The maximum absolute atomic E-state index is 12.5. The van der Waals surface area contributed by atoms with Crippen molar-refractivity contribution in [3.05, 3.63) is 28.7 Å². The van der Waals surface area contributed by atoms with E-state index in [-0.39, 0.29) is 5.97 Å². The van der Waals surface area contributed by atoms with E-state index in [1.165, 1.54) is 7.11 Å². The minimum absolute atomic E-state index is 0.194. The fourth-order valence-electron chi connectivity index (χ4n) is 2.81. The number of methoxy groups -OCH3 is 1. The average molecular weight is 356 g/mol. The number of hydrogen-bond donors (Lipinski definition) is 1. The molecule has 1 aromatic carbocycles. The van der Waals surface area contributed by atoms with Crippen molar-refractivity contribution in [3.63, 3.8) is 0 Å². The van der Waals surface area contributed by atoms with Gasteiger partial charge in [0, 0.05) is 10.2 Å². The van der Waals surface area contributed by atoms with Gasteiger partial charge in [-0.05, 0) is 52.7 Å². The molecule has 0 fully saturated rings. The fraction of sp³-hybridized carbons (Fsp3) is 0.588. The standard InChI is InChI=1S/C17H26BrNO2/c1-12(2)10-17(11-13(3)4,16(20)21-5)19-15-9-7-6-8-14(15)18/h6-9,12-13,19H,10-11H2,1-5H3. The molecule has 118 valence electrons. The summed E-state index contributed by atoms with van der Waals surface area (Å²) in [5, 5.41) is 3.45. The number of para-hydroxylation sites is 1. The van der Waals surface area contributed by atoms with Crippen LogP contribution in [0, 0.1) is 11.8 Å². The van der Waals surface area contributed by atoms with E-state index in [0.717, 1.165) is 23.0 Å². The second kappa shape index (κ2) is 7.83. The van der Waals surface area contributed by atoms with Crippen LogP contribution in [0.1, 0.15) is 40.5 Å². The lowest BCUT2D eigenvalue weighted by atomic mass is 9.81. The number of hydrogen-bond acceptors (Lipinski definition) is 3. The molecule has 0 aliphatic heterocycles. The molecule has 0 amide bonds. The molecule has 0 aromatic heterocycles. The maximum atomic E-state index is 12.5. The Kier molecular flexibility index (Phi) is 6.72. The van der Waals surface area contributed by atoms with E-state index in [9.17, 15) is 4.79 Å². The fourth-order valence-corrected chi connectivity index (χ4v) is 3.20. The van der Waals surface area contributed by atoms with Crippen molar-refractivity contribution in [1.82, 2.24) is 0 Å². The van der Waals surface area contributed by atoms with Crippen LogP contribution in [0.3, 0.4) is 0 Å². The van der Waals surface area contributed by atoms with Gasteiger partial charge < -0.3 is 10.1 Å². The molecule has 1 N–H and O–H groups in total. The van der Waals surface area contributed by atoms with Gasteiger partial charge in [-0.15, -0.1) is 0 Å². The largest absolute Gasteiger partial charge is 0.467 e. The molecular formula is C17H26BrNO2. The highest BCUT2D eigenvalue weighted by molar-refractivity contribution is 9.10. The number of anilines is 1. The Hall–Kier alpha value is -1.03. The van der Waals surface area contributed by atoms with Crippen LogP contribution in [-0.4, -0.2) is 18.6 Å². The summed E-state index contributed by atoms with van der Waals surface area (Å²) >= 11 is 3.54. The molecule has 0 saturated heterocycles. The van der Waals surface area contributed by atoms with Crippen LogP contribution in [0.25, 0.3) is 0 Å². The van der Waals surface area contributed by atoms with Crippen molar-refractivity contribution in [1.29, 1.82) is 0 Å². The van der Waals surface area contributed by atoms with E-state index < -0.39 is 5.54 Å². The summed E-state index contributed by atoms with van der Waals surface area (Å²) in [6.07, 6.45) is 1.47. The first-order chi connectivity index (χ1) is 9.80. The number of benzene rings is 1. The predicted octanol–water partition coefficient (Wildman–Crippen LogP) is 4.87. The minimum atomic E-state index is -0.693. The highest BCUT2D eigenvalue weighted by atomic mass is 79.9. The Morgan fingerprint density at radius 2 is 1.71 bits per heavy atom. The molecule has 3 nitrogen and oxygen atoms in total. The van der Waals surface area contributed by atoms with Crippen LogP contribution in [0.4, 0.5) is 5.69 Å². The third kappa shape index (κ3) is 5.03. The summed E-state index contributed by atoms with van der Waals surface area (Å²) in [6.45, 7) is 8.50. The third-order valence-electron chi connectivity index (χ3n) is 3.34. The first-order valence-electron chi connectivity index (χ1n) is 7.42. The van der Waals surface area contributed by atoms with Gasteiger partial charge >= 0.3 is 5.97 Å². The van der Waals surface area contributed by atoms with Gasteiger partial charge in [-0.25, -0.2) is 4.79 Å². The molecule has 0 heterocycles. The Morgan fingerprint density at radius 3 is 2.14 bits per heavy atom. The maximum Gasteiger partial charge on any atom is 0.331 e. The number of carbonyl (C=O) groups excluding carboxylic acids is 1. The number of nitrogens with one attached hydrogen (secondary N) is 1. The van der Waals surface area contributed by atoms with E-state index in [0.29, 0.717) is 11.8 Å². The van der Waals surface area contributed by atoms with E-state index in [4.69, 9.17) is 4.74 Å². The topological polar surface area (TPSA) is 38.3 Å². The van der Waals surface area contributed by atoms with Gasteiger partial charge in [-0.2, -0.15) is 0 Å². The summed E-state index contributed by atoms with van der Waals surface area (Å²) in [5.74, 6) is 0.580. The Labute approximate surface area is 136 Å². The smallest absolute Gasteiger partial charge is 0.331 e. The molecule has 4 heteroatoms. The lowest BCUT2D eigenvalue weighted by Crippen LogP contribution is -2.49. The van der Waals surface area contributed by atoms with Crippen molar-refractivity contribution >= 4 is 27.6 Å². The van der Waals surface area contributed by atoms with Crippen LogP contribution in [-0.2, 0) is 9.53 Å². The Morgan fingerprint density at radius 1 is 1.19 bits per heavy atom. The van der Waals surface area contributed by atoms with Crippen molar-refractivity contribution in [2.24, 2.45) is 11.8 Å². The summed E-state index contributed by atoms with van der Waals surface area (Å²) < 4.78 is 6.06. The van der Waals surface area contributed by atoms with Crippen LogP contribution < -0.4 is 5.32 Å². The number of ether oxygens (including phenoxy) is 1. The zero-order valence-electron chi connectivity index (χ0n) is 13.6. The second-order valence-corrected chi connectivity index (χ2v) is 7.23. The lowest BCUT2D eigenvalue weighted by molar-refractivity contribution is -0.147. The van der Waals surface area contributed by atoms with E-state index in [2.05, 4.69) is 48.9 Å². The highest BCUT2D eigenvalue weighted by Gasteiger charge is 2.41. The van der Waals surface area contributed by atoms with Gasteiger partial charge in [0.2, 0.25) is 0 Å². The number of esters is 1. The van der Waals surface area contributed by atoms with Crippen molar-refractivity contribution in [2.75, 3.05) is 12.4 Å². The van der Waals surface area contributed by atoms with Gasteiger partial charge in [0.15, 0.2) is 0 Å². The van der Waals surface area contributed by atoms with Gasteiger partial charge in [0.05, 0.1) is 7.11 Å². The molecule has 0 saturated carbocycles. The molecule has 0 spiro atoms. The molecule has 1 rings (SSSR count). The molecule has 0 aliphatic carbocycles. The number of carbonyl (C=O) groups is 1. The van der Waals surface area contributed by atoms with Gasteiger partial charge in [-0.3, -0.25) is 0 Å². The highest BCUT2D eigenvalue weighted by Crippen LogP contribution is 2.33. The zero-order valence-corrected chi connectivity index (χ0v) is 15.2. The van der Waals surface area contributed by atoms with Gasteiger partial charge in [0.1, 0.15) is 5.54 Å². The molecule has 0 bridgehead atoms. The molecule has 0 unspecified atom stereocenters. The summed E-state index contributed by atoms with van der Waals surface area (Å²) in [6, 6.07) is 7.86. The van der Waals surface area contributed by atoms with Crippen LogP contribution in [0.15, 0.2) is 28.7 Å². The average Bonchev–Trinajstić information content (AvgIpc) is 2.38. The normalized spacial score (nSPS) is 11.8. The summed E-state index contributed by atoms with van der Waals surface area (Å²) in [4.78, 5) is 12.5. The Bertz CT molecular complexity index is 462. The quantitative estimate of drug-likeness (QED) is 0.709. The molecule has 0 radical (unpaired) electrons. The number of rotatable bonds is 7. The molecule has 0 atom stereocenters. The molecule has 1 aromatic rings. The first-order valence-corrected chi connectivity index (χ1v) is 8.21. The van der Waals surface area contributed by atoms with E-state index in [1.54, 1.807) is 0 Å². The Balaban J connectivity index is 3.20. The van der Waals surface area contributed by atoms with Crippen molar-refractivity contribution < 1.29 is 9.53 Å². The zero-order chi connectivity index (χ0) is 16.0. The lowest BCUT2D eigenvalue weighted by Gasteiger charge is -2.36. The molecule has 0 aliphatic rings. The van der Waals surface area contributed by atoms with Crippen LogP contribution in [0.2, 0.25) is 0 Å². The minimum Gasteiger partial charge on any atom is -0.467 e.